The number of hydrogen-bond donors (Lipinski definition) is 0. The molecule has 0 saturated carbocycles. The first kappa shape index (κ1) is 16.6. The number of amides is 2. The van der Waals surface area contributed by atoms with Crippen LogP contribution in [0.15, 0.2) is 48.5 Å². The lowest BCUT2D eigenvalue weighted by molar-refractivity contribution is -0.131. The predicted octanol–water partition coefficient (Wildman–Crippen LogP) is 3.30. The number of carbonyl (C=O) groups excluding carboxylic acids is 2. The van der Waals surface area contributed by atoms with Gasteiger partial charge in [0.1, 0.15) is 6.61 Å². The Kier molecular flexibility index (Phi) is 4.37. The molecular formula is C21H22N2O3. The number of fused-ring (bicyclic) bond motifs is 3. The second-order valence-electron chi connectivity index (χ2n) is 7.00. The molecule has 26 heavy (non-hydrogen) atoms. The summed E-state index contributed by atoms with van der Waals surface area (Å²) >= 11 is 0. The molecule has 0 aliphatic carbocycles. The van der Waals surface area contributed by atoms with Crippen molar-refractivity contribution < 1.29 is 14.3 Å². The summed E-state index contributed by atoms with van der Waals surface area (Å²) in [5.74, 6) is 0.112. The van der Waals surface area contributed by atoms with Gasteiger partial charge in [-0.3, -0.25) is 9.69 Å². The summed E-state index contributed by atoms with van der Waals surface area (Å²) in [4.78, 5) is 28.8. The lowest BCUT2D eigenvalue weighted by atomic mass is 10.0. The first-order chi connectivity index (χ1) is 12.6. The van der Waals surface area contributed by atoms with Crippen molar-refractivity contribution in [3.05, 3.63) is 65.2 Å². The standard InChI is InChI=1S/C21H22N2O3/c1-15-7-8-17-13-22(20(24)12-16-5-3-2-4-6-16)10-9-18-14-26-21(25)23(18)19(17)11-15/h2-8,11,18H,9-10,12-14H2,1H3. The van der Waals surface area contributed by atoms with E-state index in [-0.39, 0.29) is 18.0 Å². The molecule has 1 unspecified atom stereocenters. The van der Waals surface area contributed by atoms with E-state index < -0.39 is 0 Å². The van der Waals surface area contributed by atoms with E-state index in [1.54, 1.807) is 4.90 Å². The molecule has 0 aromatic heterocycles. The van der Waals surface area contributed by atoms with Crippen molar-refractivity contribution in [2.45, 2.75) is 32.4 Å². The topological polar surface area (TPSA) is 49.9 Å². The molecule has 2 aromatic carbocycles. The summed E-state index contributed by atoms with van der Waals surface area (Å²) in [5, 5.41) is 0. The molecule has 0 bridgehead atoms. The fourth-order valence-corrected chi connectivity index (χ4v) is 3.68. The van der Waals surface area contributed by atoms with E-state index in [0.717, 1.165) is 28.8 Å². The fourth-order valence-electron chi connectivity index (χ4n) is 3.68. The Balaban J connectivity index is 1.63. The summed E-state index contributed by atoms with van der Waals surface area (Å²) in [7, 11) is 0. The molecule has 1 atom stereocenters. The molecule has 0 radical (unpaired) electrons. The maximum absolute atomic E-state index is 12.9. The van der Waals surface area contributed by atoms with Crippen molar-refractivity contribution in [1.82, 2.24) is 4.90 Å². The number of anilines is 1. The third kappa shape index (κ3) is 3.17. The van der Waals surface area contributed by atoms with E-state index in [1.807, 2.05) is 60.4 Å². The number of rotatable bonds is 2. The zero-order valence-corrected chi connectivity index (χ0v) is 14.9. The molecule has 0 N–H and O–H groups in total. The Morgan fingerprint density at radius 2 is 2.00 bits per heavy atom. The van der Waals surface area contributed by atoms with Gasteiger partial charge in [0.15, 0.2) is 0 Å². The highest BCUT2D eigenvalue weighted by Crippen LogP contribution is 2.32. The van der Waals surface area contributed by atoms with Crippen LogP contribution in [0.5, 0.6) is 0 Å². The number of carbonyl (C=O) groups is 2. The summed E-state index contributed by atoms with van der Waals surface area (Å²) in [6.07, 6.45) is 0.830. The van der Waals surface area contributed by atoms with Crippen LogP contribution in [0.2, 0.25) is 0 Å². The van der Waals surface area contributed by atoms with E-state index in [1.165, 1.54) is 0 Å². The van der Waals surface area contributed by atoms with Crippen LogP contribution in [-0.2, 0) is 22.5 Å². The number of aryl methyl sites for hydroxylation is 1. The zero-order chi connectivity index (χ0) is 18.1. The average molecular weight is 350 g/mol. The van der Waals surface area contributed by atoms with Crippen LogP contribution in [0.4, 0.5) is 10.5 Å². The second kappa shape index (κ2) is 6.83. The van der Waals surface area contributed by atoms with Crippen LogP contribution < -0.4 is 4.90 Å². The summed E-state index contributed by atoms with van der Waals surface area (Å²) < 4.78 is 5.28. The lowest BCUT2D eigenvalue weighted by Crippen LogP contribution is -2.42. The van der Waals surface area contributed by atoms with E-state index in [0.29, 0.717) is 26.1 Å². The lowest BCUT2D eigenvalue weighted by Gasteiger charge is -2.32. The van der Waals surface area contributed by atoms with Crippen LogP contribution in [0, 0.1) is 6.92 Å². The predicted molar refractivity (Wildman–Crippen MR) is 99.0 cm³/mol. The summed E-state index contributed by atoms with van der Waals surface area (Å²) in [6.45, 7) is 3.52. The number of cyclic esters (lactones) is 1. The van der Waals surface area contributed by atoms with Crippen LogP contribution >= 0.6 is 0 Å². The van der Waals surface area contributed by atoms with Gasteiger partial charge in [0.25, 0.3) is 0 Å². The van der Waals surface area contributed by atoms with Crippen molar-refractivity contribution in [3.63, 3.8) is 0 Å². The molecule has 0 spiro atoms. The highest BCUT2D eigenvalue weighted by atomic mass is 16.6. The van der Waals surface area contributed by atoms with Gasteiger partial charge < -0.3 is 9.64 Å². The van der Waals surface area contributed by atoms with Gasteiger partial charge in [0, 0.05) is 13.1 Å². The molecule has 2 aliphatic heterocycles. The second-order valence-corrected chi connectivity index (χ2v) is 7.00. The Hall–Kier alpha value is -2.82. The van der Waals surface area contributed by atoms with Crippen molar-refractivity contribution >= 4 is 17.7 Å². The van der Waals surface area contributed by atoms with Crippen molar-refractivity contribution in [3.8, 4) is 0 Å². The molecule has 1 fully saturated rings. The van der Waals surface area contributed by atoms with E-state index >= 15 is 0 Å². The maximum Gasteiger partial charge on any atom is 0.414 e. The van der Waals surface area contributed by atoms with Crippen LogP contribution in [-0.4, -0.2) is 36.1 Å². The van der Waals surface area contributed by atoms with Gasteiger partial charge >= 0.3 is 6.09 Å². The first-order valence-corrected chi connectivity index (χ1v) is 8.99. The third-order valence-corrected chi connectivity index (χ3v) is 5.11. The van der Waals surface area contributed by atoms with Crippen molar-refractivity contribution in [1.29, 1.82) is 0 Å². The monoisotopic (exact) mass is 350 g/mol. The molecule has 5 heteroatoms. The van der Waals surface area contributed by atoms with E-state index in [9.17, 15) is 9.59 Å². The number of benzene rings is 2. The van der Waals surface area contributed by atoms with Gasteiger partial charge in [-0.2, -0.15) is 0 Å². The molecule has 5 nitrogen and oxygen atoms in total. The molecule has 2 heterocycles. The quantitative estimate of drug-likeness (QED) is 0.835. The van der Waals surface area contributed by atoms with Crippen LogP contribution in [0.1, 0.15) is 23.1 Å². The molecule has 2 amide bonds. The summed E-state index contributed by atoms with van der Waals surface area (Å²) in [5.41, 5.74) is 3.96. The van der Waals surface area contributed by atoms with Gasteiger partial charge in [0.2, 0.25) is 5.91 Å². The van der Waals surface area contributed by atoms with Crippen LogP contribution in [0.25, 0.3) is 0 Å². The van der Waals surface area contributed by atoms with E-state index in [2.05, 4.69) is 0 Å². The Bertz CT molecular complexity index is 834. The van der Waals surface area contributed by atoms with Crippen LogP contribution in [0.3, 0.4) is 0 Å². The van der Waals surface area contributed by atoms with Crippen molar-refractivity contribution in [2.75, 3.05) is 18.1 Å². The van der Waals surface area contributed by atoms with Crippen molar-refractivity contribution in [2.24, 2.45) is 0 Å². The largest absolute Gasteiger partial charge is 0.447 e. The van der Waals surface area contributed by atoms with Gasteiger partial charge in [-0.1, -0.05) is 42.5 Å². The molecular weight excluding hydrogens is 328 g/mol. The summed E-state index contributed by atoms with van der Waals surface area (Å²) in [6, 6.07) is 15.8. The number of ether oxygens (including phenoxy) is 1. The zero-order valence-electron chi connectivity index (χ0n) is 14.9. The maximum atomic E-state index is 12.9. The SMILES string of the molecule is Cc1ccc2c(c1)N1C(=O)OCC1CCN(C(=O)Cc1ccccc1)C2. The van der Waals surface area contributed by atoms with Gasteiger partial charge in [-0.15, -0.1) is 0 Å². The first-order valence-electron chi connectivity index (χ1n) is 8.99. The minimum atomic E-state index is -0.286. The molecule has 2 aromatic rings. The highest BCUT2D eigenvalue weighted by Gasteiger charge is 2.37. The van der Waals surface area contributed by atoms with Gasteiger partial charge in [0.05, 0.1) is 18.2 Å². The Labute approximate surface area is 153 Å². The highest BCUT2D eigenvalue weighted by molar-refractivity contribution is 5.91. The van der Waals surface area contributed by atoms with E-state index in [4.69, 9.17) is 4.74 Å². The number of nitrogens with zero attached hydrogens (tertiary/aromatic N) is 2. The average Bonchev–Trinajstić information content (AvgIpc) is 2.98. The Morgan fingerprint density at radius 1 is 1.19 bits per heavy atom. The Morgan fingerprint density at radius 3 is 2.81 bits per heavy atom. The smallest absolute Gasteiger partial charge is 0.414 e. The molecule has 1 saturated heterocycles. The van der Waals surface area contributed by atoms with Gasteiger partial charge in [-0.05, 0) is 36.1 Å². The third-order valence-electron chi connectivity index (χ3n) is 5.11. The minimum absolute atomic E-state index is 0.0182. The minimum Gasteiger partial charge on any atom is -0.447 e. The normalized spacial score (nSPS) is 19.3. The molecule has 134 valence electrons. The number of hydrogen-bond acceptors (Lipinski definition) is 3. The fraction of sp³-hybridized carbons (Fsp3) is 0.333. The van der Waals surface area contributed by atoms with Gasteiger partial charge in [-0.25, -0.2) is 4.79 Å². The molecule has 2 aliphatic rings. The molecule has 4 rings (SSSR count).